The lowest BCUT2D eigenvalue weighted by Gasteiger charge is -2.28. The zero-order chi connectivity index (χ0) is 14.3. The molecule has 0 unspecified atom stereocenters. The molecule has 102 valence electrons. The van der Waals surface area contributed by atoms with Gasteiger partial charge in [0.2, 0.25) is 0 Å². The molecule has 0 spiro atoms. The summed E-state index contributed by atoms with van der Waals surface area (Å²) in [5.74, 6) is -3.47. The van der Waals surface area contributed by atoms with E-state index in [2.05, 4.69) is 13.2 Å². The summed E-state index contributed by atoms with van der Waals surface area (Å²) in [4.78, 5) is 22.8. The van der Waals surface area contributed by atoms with Crippen molar-refractivity contribution in [2.45, 2.75) is 26.7 Å². The molecule has 18 heavy (non-hydrogen) atoms. The molecule has 0 radical (unpaired) electrons. The standard InChI is InChI=1S/C12H18O6/c1-8(2)10(14)17-12(5,16-7-6-13)18-11(15)9(3)4/h13H,1,3,6-7H2,2,4-5H3. The Labute approximate surface area is 106 Å². The van der Waals surface area contributed by atoms with Gasteiger partial charge >= 0.3 is 17.9 Å². The Balaban J connectivity index is 4.81. The number of ether oxygens (including phenoxy) is 3. The maximum absolute atomic E-state index is 11.4. The predicted octanol–water partition coefficient (Wildman–Crippen LogP) is 0.908. The van der Waals surface area contributed by atoms with Crippen LogP contribution in [0.25, 0.3) is 0 Å². The van der Waals surface area contributed by atoms with E-state index >= 15 is 0 Å². The second-order valence-electron chi connectivity index (χ2n) is 3.77. The number of esters is 2. The lowest BCUT2D eigenvalue weighted by atomic mass is 10.3. The molecule has 0 aliphatic rings. The summed E-state index contributed by atoms with van der Waals surface area (Å²) in [6.45, 7) is 10.4. The molecule has 0 bridgehead atoms. The summed E-state index contributed by atoms with van der Waals surface area (Å²) < 4.78 is 14.7. The number of aliphatic hydroxyl groups is 1. The van der Waals surface area contributed by atoms with Crippen LogP contribution >= 0.6 is 0 Å². The van der Waals surface area contributed by atoms with Gasteiger partial charge in [-0.2, -0.15) is 0 Å². The molecule has 0 heterocycles. The van der Waals surface area contributed by atoms with E-state index in [-0.39, 0.29) is 24.4 Å². The third kappa shape index (κ3) is 5.60. The van der Waals surface area contributed by atoms with Crippen molar-refractivity contribution in [2.75, 3.05) is 13.2 Å². The first kappa shape index (κ1) is 16.3. The minimum atomic E-state index is -1.92. The summed E-state index contributed by atoms with van der Waals surface area (Å²) in [6, 6.07) is 0. The van der Waals surface area contributed by atoms with E-state index in [1.165, 1.54) is 20.8 Å². The Morgan fingerprint density at radius 3 is 1.78 bits per heavy atom. The van der Waals surface area contributed by atoms with Crippen LogP contribution in [0.3, 0.4) is 0 Å². The highest BCUT2D eigenvalue weighted by atomic mass is 16.9. The SMILES string of the molecule is C=C(C)C(=O)OC(C)(OCCO)OC(=O)C(=C)C. The summed E-state index contributed by atoms with van der Waals surface area (Å²) in [5, 5.41) is 8.68. The molecule has 0 aromatic carbocycles. The fourth-order valence-electron chi connectivity index (χ4n) is 0.822. The molecule has 0 aromatic rings. The van der Waals surface area contributed by atoms with Gasteiger partial charge in [-0.1, -0.05) is 13.2 Å². The molecular formula is C12H18O6. The molecule has 0 saturated heterocycles. The highest BCUT2D eigenvalue weighted by Gasteiger charge is 2.35. The topological polar surface area (TPSA) is 82.1 Å². The monoisotopic (exact) mass is 258 g/mol. The fraction of sp³-hybridized carbons (Fsp3) is 0.500. The maximum Gasteiger partial charge on any atom is 0.373 e. The highest BCUT2D eigenvalue weighted by molar-refractivity contribution is 5.88. The van der Waals surface area contributed by atoms with Gasteiger partial charge in [-0.25, -0.2) is 9.59 Å². The smallest absolute Gasteiger partial charge is 0.373 e. The van der Waals surface area contributed by atoms with E-state index in [0.29, 0.717) is 0 Å². The first-order valence-corrected chi connectivity index (χ1v) is 5.24. The summed E-state index contributed by atoms with van der Waals surface area (Å²) >= 11 is 0. The van der Waals surface area contributed by atoms with Crippen LogP contribution < -0.4 is 0 Å². The van der Waals surface area contributed by atoms with Gasteiger partial charge in [0.25, 0.3) is 0 Å². The molecule has 0 aliphatic heterocycles. The Hall–Kier alpha value is -1.66. The van der Waals surface area contributed by atoms with Gasteiger partial charge in [-0.15, -0.1) is 0 Å². The molecule has 6 heteroatoms. The number of aliphatic hydroxyl groups excluding tert-OH is 1. The first-order valence-electron chi connectivity index (χ1n) is 5.24. The van der Waals surface area contributed by atoms with Crippen LogP contribution in [0.1, 0.15) is 20.8 Å². The van der Waals surface area contributed by atoms with Crippen LogP contribution in [0.4, 0.5) is 0 Å². The summed E-state index contributed by atoms with van der Waals surface area (Å²) in [6.07, 6.45) is 0. The molecule has 6 nitrogen and oxygen atoms in total. The molecular weight excluding hydrogens is 240 g/mol. The van der Waals surface area contributed by atoms with Gasteiger partial charge in [0, 0.05) is 18.1 Å². The van der Waals surface area contributed by atoms with Crippen molar-refractivity contribution in [1.29, 1.82) is 0 Å². The van der Waals surface area contributed by atoms with Crippen LogP contribution in [0, 0.1) is 0 Å². The zero-order valence-electron chi connectivity index (χ0n) is 10.8. The van der Waals surface area contributed by atoms with Crippen LogP contribution in [-0.2, 0) is 23.8 Å². The van der Waals surface area contributed by atoms with Gasteiger partial charge in [-0.05, 0) is 13.8 Å². The molecule has 0 amide bonds. The quantitative estimate of drug-likeness (QED) is 0.415. The number of hydrogen-bond acceptors (Lipinski definition) is 6. The van der Waals surface area contributed by atoms with Crippen molar-refractivity contribution in [2.24, 2.45) is 0 Å². The fourth-order valence-corrected chi connectivity index (χ4v) is 0.822. The van der Waals surface area contributed by atoms with E-state index in [4.69, 9.17) is 19.3 Å². The number of carbonyl (C=O) groups excluding carboxylic acids is 2. The van der Waals surface area contributed by atoms with Gasteiger partial charge < -0.3 is 19.3 Å². The van der Waals surface area contributed by atoms with Crippen molar-refractivity contribution in [1.82, 2.24) is 0 Å². The van der Waals surface area contributed by atoms with Gasteiger partial charge in [0.1, 0.15) is 0 Å². The highest BCUT2D eigenvalue weighted by Crippen LogP contribution is 2.18. The molecule has 0 fully saturated rings. The van der Waals surface area contributed by atoms with E-state index in [9.17, 15) is 9.59 Å². The molecule has 0 rings (SSSR count). The molecule has 0 aromatic heterocycles. The van der Waals surface area contributed by atoms with Gasteiger partial charge in [0.15, 0.2) is 0 Å². The molecule has 0 aliphatic carbocycles. The van der Waals surface area contributed by atoms with E-state index in [1.54, 1.807) is 0 Å². The number of rotatable bonds is 7. The van der Waals surface area contributed by atoms with Crippen molar-refractivity contribution >= 4 is 11.9 Å². The second kappa shape index (κ2) is 6.93. The lowest BCUT2D eigenvalue weighted by molar-refractivity contribution is -0.334. The van der Waals surface area contributed by atoms with E-state index in [1.807, 2.05) is 0 Å². The van der Waals surface area contributed by atoms with Crippen LogP contribution in [-0.4, -0.2) is 36.2 Å². The summed E-state index contributed by atoms with van der Waals surface area (Å²) in [7, 11) is 0. The van der Waals surface area contributed by atoms with Gasteiger partial charge in [0.05, 0.1) is 13.2 Å². The van der Waals surface area contributed by atoms with E-state index in [0.717, 1.165) is 0 Å². The lowest BCUT2D eigenvalue weighted by Crippen LogP contribution is -2.41. The average Bonchev–Trinajstić information content (AvgIpc) is 2.25. The minimum absolute atomic E-state index is 0.125. The Bertz CT molecular complexity index is 330. The molecule has 0 atom stereocenters. The van der Waals surface area contributed by atoms with Crippen LogP contribution in [0.5, 0.6) is 0 Å². The van der Waals surface area contributed by atoms with Crippen molar-refractivity contribution < 1.29 is 28.9 Å². The van der Waals surface area contributed by atoms with Crippen molar-refractivity contribution in [3.05, 3.63) is 24.3 Å². The Morgan fingerprint density at radius 1 is 1.11 bits per heavy atom. The Kier molecular flexibility index (Phi) is 6.29. The third-order valence-electron chi connectivity index (χ3n) is 1.71. The minimum Gasteiger partial charge on any atom is -0.395 e. The predicted molar refractivity (Wildman–Crippen MR) is 63.3 cm³/mol. The largest absolute Gasteiger partial charge is 0.395 e. The average molecular weight is 258 g/mol. The first-order chi connectivity index (χ1) is 8.22. The normalized spacial score (nSPS) is 10.7. The second-order valence-corrected chi connectivity index (χ2v) is 3.77. The van der Waals surface area contributed by atoms with E-state index < -0.39 is 17.9 Å². The molecule has 0 saturated carbocycles. The third-order valence-corrected chi connectivity index (χ3v) is 1.71. The molecule has 1 N–H and O–H groups in total. The van der Waals surface area contributed by atoms with Crippen LogP contribution in [0.15, 0.2) is 24.3 Å². The van der Waals surface area contributed by atoms with Crippen molar-refractivity contribution in [3.63, 3.8) is 0 Å². The summed E-state index contributed by atoms with van der Waals surface area (Å²) in [5.41, 5.74) is 0.250. The van der Waals surface area contributed by atoms with Gasteiger partial charge in [-0.3, -0.25) is 0 Å². The maximum atomic E-state index is 11.4. The zero-order valence-corrected chi connectivity index (χ0v) is 10.8. The number of carbonyl (C=O) groups is 2. The number of hydrogen-bond donors (Lipinski definition) is 1. The Morgan fingerprint density at radius 2 is 1.50 bits per heavy atom. The van der Waals surface area contributed by atoms with Crippen LogP contribution in [0.2, 0.25) is 0 Å². The van der Waals surface area contributed by atoms with Crippen molar-refractivity contribution in [3.8, 4) is 0 Å².